The van der Waals surface area contributed by atoms with Crippen molar-refractivity contribution < 1.29 is 0 Å². The summed E-state index contributed by atoms with van der Waals surface area (Å²) in [6.07, 6.45) is 2.58. The molecule has 0 aliphatic carbocycles. The van der Waals surface area contributed by atoms with Crippen molar-refractivity contribution in [2.24, 2.45) is 0 Å². The van der Waals surface area contributed by atoms with Crippen molar-refractivity contribution in [1.29, 1.82) is 0 Å². The van der Waals surface area contributed by atoms with Crippen LogP contribution in [-0.2, 0) is 6.42 Å². The van der Waals surface area contributed by atoms with E-state index in [2.05, 4.69) is 30.8 Å². The molecule has 1 aromatic rings. The van der Waals surface area contributed by atoms with Crippen molar-refractivity contribution in [2.45, 2.75) is 25.8 Å². The molecule has 0 atom stereocenters. The molecule has 1 heteroatoms. The Kier molecular flexibility index (Phi) is 3.97. The maximum Gasteiger partial charge on any atom is 0.00281 e. The molecular formula is C12H18Si. The van der Waals surface area contributed by atoms with E-state index in [0.717, 1.165) is 5.57 Å². The molecule has 0 N–H and O–H groups in total. The molecule has 0 aromatic heterocycles. The topological polar surface area (TPSA) is 0 Å². The van der Waals surface area contributed by atoms with Gasteiger partial charge in [-0.25, -0.2) is 0 Å². The number of allylic oxidation sites excluding steroid dienone is 1. The van der Waals surface area contributed by atoms with Gasteiger partial charge in [0.05, 0.1) is 0 Å². The molecule has 0 saturated carbocycles. The summed E-state index contributed by atoms with van der Waals surface area (Å²) in [5.41, 5.74) is 3.87. The largest absolute Gasteiger partial charge is 0.0955 e. The minimum Gasteiger partial charge on any atom is -0.0955 e. The average molecular weight is 190 g/mol. The lowest BCUT2D eigenvalue weighted by molar-refractivity contribution is 0.919. The van der Waals surface area contributed by atoms with Crippen LogP contribution in [0.2, 0.25) is 6.04 Å². The number of benzene rings is 1. The Morgan fingerprint density at radius 3 is 2.38 bits per heavy atom. The van der Waals surface area contributed by atoms with Crippen LogP contribution in [0.25, 0.3) is 5.57 Å². The van der Waals surface area contributed by atoms with E-state index in [1.165, 1.54) is 40.3 Å². The minimum absolute atomic E-state index is 1.15. The van der Waals surface area contributed by atoms with Gasteiger partial charge in [0.15, 0.2) is 0 Å². The first kappa shape index (κ1) is 10.3. The fourth-order valence-electron chi connectivity index (χ4n) is 1.34. The van der Waals surface area contributed by atoms with Gasteiger partial charge in [0.25, 0.3) is 0 Å². The molecule has 0 fully saturated rings. The third-order valence-corrected chi connectivity index (χ3v) is 2.97. The van der Waals surface area contributed by atoms with E-state index in [4.69, 9.17) is 0 Å². The lowest BCUT2D eigenvalue weighted by atomic mass is 10.0. The van der Waals surface area contributed by atoms with Gasteiger partial charge in [0.1, 0.15) is 0 Å². The van der Waals surface area contributed by atoms with Crippen LogP contribution in [0.1, 0.15) is 24.5 Å². The van der Waals surface area contributed by atoms with Gasteiger partial charge >= 0.3 is 0 Å². The van der Waals surface area contributed by atoms with Crippen LogP contribution < -0.4 is 0 Å². The second kappa shape index (κ2) is 5.03. The van der Waals surface area contributed by atoms with Crippen molar-refractivity contribution in [2.75, 3.05) is 0 Å². The molecule has 0 nitrogen and oxygen atoms in total. The molecule has 0 spiro atoms. The molecule has 13 heavy (non-hydrogen) atoms. The SMILES string of the molecule is C=C(C)c1ccc(CCC[SiH3])cc1. The fraction of sp³-hybridized carbons (Fsp3) is 0.333. The molecule has 1 rings (SSSR count). The van der Waals surface area contributed by atoms with Crippen molar-refractivity contribution in [3.63, 3.8) is 0 Å². The van der Waals surface area contributed by atoms with Crippen LogP contribution in [0, 0.1) is 0 Å². The zero-order valence-electron chi connectivity index (χ0n) is 8.64. The Labute approximate surface area is 84.1 Å². The van der Waals surface area contributed by atoms with Gasteiger partial charge in [-0.2, -0.15) is 0 Å². The third-order valence-electron chi connectivity index (χ3n) is 2.27. The molecule has 0 bridgehead atoms. The molecule has 0 radical (unpaired) electrons. The van der Waals surface area contributed by atoms with Crippen molar-refractivity contribution in [1.82, 2.24) is 0 Å². The summed E-state index contributed by atoms with van der Waals surface area (Å²) in [6, 6.07) is 10.2. The van der Waals surface area contributed by atoms with Crippen molar-refractivity contribution in [3.8, 4) is 0 Å². The lowest BCUT2D eigenvalue weighted by Crippen LogP contribution is -1.85. The molecule has 0 amide bonds. The third kappa shape index (κ3) is 3.19. The molecule has 70 valence electrons. The van der Waals surface area contributed by atoms with Crippen LogP contribution >= 0.6 is 0 Å². The van der Waals surface area contributed by atoms with Crippen LogP contribution in [-0.4, -0.2) is 10.2 Å². The summed E-state index contributed by atoms with van der Waals surface area (Å²) in [6.45, 7) is 5.97. The number of aryl methyl sites for hydroxylation is 1. The number of hydrogen-bond donors (Lipinski definition) is 0. The molecule has 0 aliphatic heterocycles. The van der Waals surface area contributed by atoms with Gasteiger partial charge in [-0.15, -0.1) is 0 Å². The summed E-state index contributed by atoms with van der Waals surface area (Å²) in [7, 11) is 1.33. The zero-order chi connectivity index (χ0) is 9.68. The monoisotopic (exact) mass is 190 g/mol. The number of hydrogen-bond acceptors (Lipinski definition) is 0. The highest BCUT2D eigenvalue weighted by Gasteiger charge is 1.94. The predicted octanol–water partition coefficient (Wildman–Crippen LogP) is 2.44. The van der Waals surface area contributed by atoms with E-state index in [1.807, 2.05) is 6.92 Å². The van der Waals surface area contributed by atoms with Gasteiger partial charge < -0.3 is 0 Å². The van der Waals surface area contributed by atoms with E-state index >= 15 is 0 Å². The molecular weight excluding hydrogens is 172 g/mol. The normalized spacial score (nSPS) is 10.2. The molecule has 0 heterocycles. The maximum absolute atomic E-state index is 3.92. The Balaban J connectivity index is 2.64. The quantitative estimate of drug-likeness (QED) is 0.640. The summed E-state index contributed by atoms with van der Waals surface area (Å²) in [4.78, 5) is 0. The van der Waals surface area contributed by atoms with Crippen molar-refractivity contribution in [3.05, 3.63) is 42.0 Å². The fourth-order valence-corrected chi connectivity index (χ4v) is 1.69. The summed E-state index contributed by atoms with van der Waals surface area (Å²) in [5, 5.41) is 0. The first-order chi connectivity index (χ1) is 6.24. The first-order valence-corrected chi connectivity index (χ1v) is 6.40. The molecule has 1 aromatic carbocycles. The maximum atomic E-state index is 3.92. The average Bonchev–Trinajstić information content (AvgIpc) is 2.15. The van der Waals surface area contributed by atoms with E-state index in [-0.39, 0.29) is 0 Å². The Bertz CT molecular complexity index is 272. The second-order valence-electron chi connectivity index (χ2n) is 3.58. The standard InChI is InChI=1S/C12H18Si/c1-10(2)12-7-5-11(6-8-12)4-3-9-13/h5-8H,1,3-4,9H2,2,13H3. The summed E-state index contributed by atoms with van der Waals surface area (Å²) in [5.74, 6) is 0. The first-order valence-electron chi connectivity index (χ1n) is 4.99. The molecule has 0 saturated heterocycles. The Morgan fingerprint density at radius 2 is 1.92 bits per heavy atom. The zero-order valence-corrected chi connectivity index (χ0v) is 10.6. The highest BCUT2D eigenvalue weighted by Crippen LogP contribution is 2.13. The summed E-state index contributed by atoms with van der Waals surface area (Å²) >= 11 is 0. The van der Waals surface area contributed by atoms with Gasteiger partial charge in [-0.1, -0.05) is 48.9 Å². The van der Waals surface area contributed by atoms with E-state index in [0.29, 0.717) is 0 Å². The van der Waals surface area contributed by atoms with E-state index in [9.17, 15) is 0 Å². The van der Waals surface area contributed by atoms with E-state index in [1.54, 1.807) is 0 Å². The van der Waals surface area contributed by atoms with Gasteiger partial charge in [0.2, 0.25) is 0 Å². The van der Waals surface area contributed by atoms with E-state index < -0.39 is 0 Å². The Hall–Kier alpha value is -0.823. The predicted molar refractivity (Wildman–Crippen MR) is 64.2 cm³/mol. The highest BCUT2D eigenvalue weighted by atomic mass is 28.1. The van der Waals surface area contributed by atoms with Crippen LogP contribution in [0.15, 0.2) is 30.8 Å². The lowest BCUT2D eigenvalue weighted by Gasteiger charge is -2.02. The molecule has 0 unspecified atom stereocenters. The Morgan fingerprint density at radius 1 is 1.31 bits per heavy atom. The van der Waals surface area contributed by atoms with Crippen LogP contribution in [0.5, 0.6) is 0 Å². The van der Waals surface area contributed by atoms with Gasteiger partial charge in [0, 0.05) is 10.2 Å². The van der Waals surface area contributed by atoms with Crippen LogP contribution in [0.4, 0.5) is 0 Å². The smallest absolute Gasteiger partial charge is 0.00281 e. The summed E-state index contributed by atoms with van der Waals surface area (Å²) < 4.78 is 0. The molecule has 0 aliphatic rings. The number of rotatable bonds is 4. The van der Waals surface area contributed by atoms with Gasteiger partial charge in [-0.3, -0.25) is 0 Å². The highest BCUT2D eigenvalue weighted by molar-refractivity contribution is 6.08. The second-order valence-corrected chi connectivity index (χ2v) is 4.58. The van der Waals surface area contributed by atoms with Crippen LogP contribution in [0.3, 0.4) is 0 Å². The van der Waals surface area contributed by atoms with Crippen molar-refractivity contribution >= 4 is 15.8 Å². The van der Waals surface area contributed by atoms with Gasteiger partial charge in [-0.05, 0) is 24.5 Å². The minimum atomic E-state index is 1.15.